The summed E-state index contributed by atoms with van der Waals surface area (Å²) in [6.07, 6.45) is 13.0. The van der Waals surface area contributed by atoms with Gasteiger partial charge in [-0.25, -0.2) is 4.39 Å². The molecule has 0 saturated heterocycles. The number of nitrogens with zero attached hydrogens (tertiary/aromatic N) is 1. The summed E-state index contributed by atoms with van der Waals surface area (Å²) in [5, 5.41) is 3.27. The van der Waals surface area contributed by atoms with Gasteiger partial charge < -0.3 is 5.32 Å². The van der Waals surface area contributed by atoms with Gasteiger partial charge in [-0.1, -0.05) is 58.3 Å². The van der Waals surface area contributed by atoms with E-state index in [1.54, 1.807) is 6.07 Å². The van der Waals surface area contributed by atoms with Crippen molar-refractivity contribution in [3.05, 3.63) is 29.8 Å². The number of nitrogens with one attached hydrogen (secondary N) is 1. The van der Waals surface area contributed by atoms with E-state index in [0.717, 1.165) is 12.1 Å². The lowest BCUT2D eigenvalue weighted by Gasteiger charge is -2.15. The lowest BCUT2D eigenvalue weighted by Crippen LogP contribution is -2.17. The first-order valence-corrected chi connectivity index (χ1v) is 8.06. The maximum Gasteiger partial charge on any atom is 0.141 e. The quantitative estimate of drug-likeness (QED) is 0.576. The Balaban J connectivity index is 2.14. The van der Waals surface area contributed by atoms with Gasteiger partial charge in [0.2, 0.25) is 0 Å². The summed E-state index contributed by atoms with van der Waals surface area (Å²) in [5.74, 6) is -0.268. The first-order valence-electron chi connectivity index (χ1n) is 8.06. The average Bonchev–Trinajstić information content (AvgIpc) is 2.47. The van der Waals surface area contributed by atoms with Crippen molar-refractivity contribution >= 4 is 0 Å². The van der Waals surface area contributed by atoms with E-state index in [0.29, 0.717) is 0 Å². The van der Waals surface area contributed by atoms with Gasteiger partial charge in [-0.3, -0.25) is 4.98 Å². The topological polar surface area (TPSA) is 24.9 Å². The molecule has 0 radical (unpaired) electrons. The van der Waals surface area contributed by atoms with Crippen LogP contribution in [0.3, 0.4) is 0 Å². The van der Waals surface area contributed by atoms with Gasteiger partial charge in [-0.05, 0) is 25.6 Å². The summed E-state index contributed by atoms with van der Waals surface area (Å²) >= 11 is 0. The van der Waals surface area contributed by atoms with Gasteiger partial charge in [0.25, 0.3) is 0 Å². The van der Waals surface area contributed by atoms with Crippen molar-refractivity contribution < 1.29 is 4.39 Å². The number of unbranched alkanes of at least 4 members (excludes halogenated alkanes) is 7. The number of pyridine rings is 1. The predicted octanol–water partition coefficient (Wildman–Crippen LogP) is 5.01. The van der Waals surface area contributed by atoms with Crippen LogP contribution in [0.1, 0.15) is 76.4 Å². The van der Waals surface area contributed by atoms with Crippen LogP contribution in [0.15, 0.2) is 18.3 Å². The molecule has 0 amide bonds. The summed E-state index contributed by atoms with van der Waals surface area (Å²) in [7, 11) is 1.94. The summed E-state index contributed by atoms with van der Waals surface area (Å²) in [4.78, 5) is 4.16. The lowest BCUT2D eigenvalue weighted by atomic mass is 10.0. The summed E-state index contributed by atoms with van der Waals surface area (Å²) in [6, 6.07) is 3.51. The van der Waals surface area contributed by atoms with Crippen LogP contribution < -0.4 is 5.32 Å². The Labute approximate surface area is 123 Å². The van der Waals surface area contributed by atoms with Crippen molar-refractivity contribution in [1.82, 2.24) is 10.3 Å². The monoisotopic (exact) mass is 280 g/mol. The minimum Gasteiger partial charge on any atom is -0.312 e. The van der Waals surface area contributed by atoms with Gasteiger partial charge in [0, 0.05) is 6.04 Å². The Morgan fingerprint density at radius 3 is 2.25 bits per heavy atom. The highest BCUT2D eigenvalue weighted by Crippen LogP contribution is 2.18. The lowest BCUT2D eigenvalue weighted by molar-refractivity contribution is 0.484. The van der Waals surface area contributed by atoms with Crippen LogP contribution in [0.2, 0.25) is 0 Å². The van der Waals surface area contributed by atoms with Crippen molar-refractivity contribution in [3.63, 3.8) is 0 Å². The fraction of sp³-hybridized carbons (Fsp3) is 0.706. The fourth-order valence-corrected chi connectivity index (χ4v) is 2.52. The second-order valence-electron chi connectivity index (χ2n) is 5.51. The molecule has 114 valence electrons. The highest BCUT2D eigenvalue weighted by molar-refractivity contribution is 5.09. The van der Waals surface area contributed by atoms with Crippen molar-refractivity contribution in [2.45, 2.75) is 70.8 Å². The van der Waals surface area contributed by atoms with E-state index in [1.807, 2.05) is 7.05 Å². The molecule has 1 heterocycles. The van der Waals surface area contributed by atoms with Gasteiger partial charge in [-0.2, -0.15) is 0 Å². The molecular formula is C17H29FN2. The number of aromatic nitrogens is 1. The van der Waals surface area contributed by atoms with E-state index in [2.05, 4.69) is 17.2 Å². The van der Waals surface area contributed by atoms with E-state index in [1.165, 1.54) is 63.6 Å². The van der Waals surface area contributed by atoms with Crippen LogP contribution in [-0.4, -0.2) is 12.0 Å². The SMILES string of the molecule is CCCCCCCCCCC(NC)c1ccc(F)cn1. The van der Waals surface area contributed by atoms with Gasteiger partial charge in [0.05, 0.1) is 11.9 Å². The Kier molecular flexibility index (Phi) is 9.22. The summed E-state index contributed by atoms with van der Waals surface area (Å²) in [5.41, 5.74) is 0.942. The zero-order valence-electron chi connectivity index (χ0n) is 13.0. The molecule has 1 atom stereocenters. The molecule has 0 aromatic carbocycles. The maximum absolute atomic E-state index is 12.9. The first-order chi connectivity index (χ1) is 9.77. The highest BCUT2D eigenvalue weighted by atomic mass is 19.1. The van der Waals surface area contributed by atoms with Gasteiger partial charge in [-0.15, -0.1) is 0 Å². The van der Waals surface area contributed by atoms with Crippen LogP contribution in [0.25, 0.3) is 0 Å². The second kappa shape index (κ2) is 10.8. The Bertz CT molecular complexity index is 337. The number of rotatable bonds is 11. The van der Waals surface area contributed by atoms with Crippen molar-refractivity contribution in [2.24, 2.45) is 0 Å². The third kappa shape index (κ3) is 6.99. The standard InChI is InChI=1S/C17H29FN2/c1-3-4-5-6-7-8-9-10-11-16(19-2)17-13-12-15(18)14-20-17/h12-14,16,19H,3-11H2,1-2H3. The minimum atomic E-state index is -0.268. The molecule has 0 aliphatic carbocycles. The van der Waals surface area contributed by atoms with E-state index in [9.17, 15) is 4.39 Å². The van der Waals surface area contributed by atoms with E-state index >= 15 is 0 Å². The summed E-state index contributed by atoms with van der Waals surface area (Å²) in [6.45, 7) is 2.25. The van der Waals surface area contributed by atoms with Gasteiger partial charge in [0.15, 0.2) is 0 Å². The molecule has 0 spiro atoms. The fourth-order valence-electron chi connectivity index (χ4n) is 2.52. The molecule has 1 aromatic rings. The third-order valence-corrected chi connectivity index (χ3v) is 3.80. The zero-order valence-corrected chi connectivity index (χ0v) is 13.0. The predicted molar refractivity (Wildman–Crippen MR) is 83.2 cm³/mol. The molecule has 0 bridgehead atoms. The molecule has 3 heteroatoms. The van der Waals surface area contributed by atoms with Gasteiger partial charge in [0.1, 0.15) is 5.82 Å². The molecule has 1 N–H and O–H groups in total. The number of hydrogen-bond acceptors (Lipinski definition) is 2. The minimum absolute atomic E-state index is 0.246. The maximum atomic E-state index is 12.9. The van der Waals surface area contributed by atoms with Crippen molar-refractivity contribution in [1.29, 1.82) is 0 Å². The van der Waals surface area contributed by atoms with E-state index in [-0.39, 0.29) is 11.9 Å². The first kappa shape index (κ1) is 17.1. The van der Waals surface area contributed by atoms with Crippen molar-refractivity contribution in [2.75, 3.05) is 7.05 Å². The molecule has 0 fully saturated rings. The van der Waals surface area contributed by atoms with Crippen LogP contribution in [0.4, 0.5) is 4.39 Å². The van der Waals surface area contributed by atoms with E-state index < -0.39 is 0 Å². The van der Waals surface area contributed by atoms with Crippen LogP contribution in [0, 0.1) is 5.82 Å². The molecule has 1 rings (SSSR count). The normalized spacial score (nSPS) is 12.6. The Morgan fingerprint density at radius 1 is 1.05 bits per heavy atom. The molecule has 20 heavy (non-hydrogen) atoms. The van der Waals surface area contributed by atoms with Gasteiger partial charge >= 0.3 is 0 Å². The molecule has 0 saturated carbocycles. The summed E-state index contributed by atoms with van der Waals surface area (Å²) < 4.78 is 12.9. The smallest absolute Gasteiger partial charge is 0.141 e. The van der Waals surface area contributed by atoms with Crippen LogP contribution in [0.5, 0.6) is 0 Å². The Hall–Kier alpha value is -0.960. The van der Waals surface area contributed by atoms with Crippen LogP contribution >= 0.6 is 0 Å². The van der Waals surface area contributed by atoms with E-state index in [4.69, 9.17) is 0 Å². The van der Waals surface area contributed by atoms with Crippen LogP contribution in [-0.2, 0) is 0 Å². The molecule has 0 aliphatic rings. The molecule has 1 aromatic heterocycles. The molecular weight excluding hydrogens is 251 g/mol. The molecule has 0 aliphatic heterocycles. The zero-order chi connectivity index (χ0) is 14.6. The second-order valence-corrected chi connectivity index (χ2v) is 5.51. The molecule has 1 unspecified atom stereocenters. The number of hydrogen-bond donors (Lipinski definition) is 1. The Morgan fingerprint density at radius 2 is 1.70 bits per heavy atom. The molecule has 2 nitrogen and oxygen atoms in total. The number of halogens is 1. The third-order valence-electron chi connectivity index (χ3n) is 3.80. The average molecular weight is 280 g/mol. The largest absolute Gasteiger partial charge is 0.312 e. The van der Waals surface area contributed by atoms with Crippen molar-refractivity contribution in [3.8, 4) is 0 Å². The highest BCUT2D eigenvalue weighted by Gasteiger charge is 2.10.